The van der Waals surface area contributed by atoms with Crippen LogP contribution < -0.4 is 5.32 Å². The Balaban J connectivity index is 1.49. The summed E-state index contributed by atoms with van der Waals surface area (Å²) in [6, 6.07) is 11.0. The van der Waals surface area contributed by atoms with Gasteiger partial charge in [-0.2, -0.15) is 5.10 Å². The fraction of sp³-hybridized carbons (Fsp3) is 0.208. The minimum absolute atomic E-state index is 0.0676. The molecule has 1 heterocycles. The van der Waals surface area contributed by atoms with Gasteiger partial charge in [0.15, 0.2) is 17.7 Å². The summed E-state index contributed by atoms with van der Waals surface area (Å²) in [6.07, 6.45) is -1.26. The number of fused-ring (bicyclic) bond motifs is 2. The van der Waals surface area contributed by atoms with Crippen molar-refractivity contribution < 1.29 is 28.8 Å². The molecule has 0 bridgehead atoms. The van der Waals surface area contributed by atoms with Crippen LogP contribution in [0.4, 0.5) is 11.4 Å². The van der Waals surface area contributed by atoms with Crippen LogP contribution in [0, 0.1) is 24.0 Å². The van der Waals surface area contributed by atoms with Gasteiger partial charge < -0.3 is 10.1 Å². The van der Waals surface area contributed by atoms with Crippen molar-refractivity contribution in [2.75, 3.05) is 5.32 Å². The van der Waals surface area contributed by atoms with Crippen molar-refractivity contribution in [1.29, 1.82) is 0 Å². The monoisotopic (exact) mass is 476 g/mol. The number of hydrogen-bond acceptors (Lipinski definition) is 8. The topological polar surface area (TPSA) is 150 Å². The molecule has 1 unspecified atom stereocenters. The SMILES string of the molecule is Cc1nn(CC(=O)OC(C)C(=O)Nc2cccc3c2C(=O)c2ccccc2C3=O)c(C)c1[N+](=O)[O-]. The Labute approximate surface area is 198 Å². The first kappa shape index (κ1) is 23.5. The second-order valence-corrected chi connectivity index (χ2v) is 7.99. The number of esters is 1. The number of aryl methyl sites for hydroxylation is 1. The predicted molar refractivity (Wildman–Crippen MR) is 122 cm³/mol. The van der Waals surface area contributed by atoms with Crippen LogP contribution >= 0.6 is 0 Å². The van der Waals surface area contributed by atoms with Crippen LogP contribution in [-0.4, -0.2) is 44.3 Å². The van der Waals surface area contributed by atoms with Gasteiger partial charge in [-0.15, -0.1) is 0 Å². The first-order valence-electron chi connectivity index (χ1n) is 10.6. The van der Waals surface area contributed by atoms with Gasteiger partial charge in [-0.25, -0.2) is 0 Å². The van der Waals surface area contributed by atoms with Gasteiger partial charge in [0.05, 0.1) is 16.2 Å². The molecule has 0 saturated heterocycles. The summed E-state index contributed by atoms with van der Waals surface area (Å²) in [6.45, 7) is 3.82. The van der Waals surface area contributed by atoms with Crippen molar-refractivity contribution >= 4 is 34.8 Å². The maximum absolute atomic E-state index is 13.1. The number of carbonyl (C=O) groups excluding carboxylic acids is 4. The van der Waals surface area contributed by atoms with E-state index in [9.17, 15) is 29.3 Å². The van der Waals surface area contributed by atoms with E-state index in [1.165, 1.54) is 32.9 Å². The molecule has 2 aromatic carbocycles. The van der Waals surface area contributed by atoms with Crippen LogP contribution in [-0.2, 0) is 20.9 Å². The van der Waals surface area contributed by atoms with Crippen molar-refractivity contribution in [3.63, 3.8) is 0 Å². The molecule has 1 aliphatic carbocycles. The molecule has 178 valence electrons. The van der Waals surface area contributed by atoms with Crippen molar-refractivity contribution in [3.05, 3.63) is 86.2 Å². The van der Waals surface area contributed by atoms with E-state index < -0.39 is 35.2 Å². The maximum atomic E-state index is 13.1. The summed E-state index contributed by atoms with van der Waals surface area (Å²) in [5, 5.41) is 17.7. The van der Waals surface area contributed by atoms with E-state index in [0.717, 1.165) is 4.68 Å². The Bertz CT molecular complexity index is 1420. The number of ether oxygens (including phenoxy) is 1. The lowest BCUT2D eigenvalue weighted by molar-refractivity contribution is -0.386. The molecule has 1 aliphatic rings. The van der Waals surface area contributed by atoms with Crippen LogP contribution in [0.15, 0.2) is 42.5 Å². The van der Waals surface area contributed by atoms with E-state index >= 15 is 0 Å². The first-order chi connectivity index (χ1) is 16.6. The number of benzene rings is 2. The minimum Gasteiger partial charge on any atom is -0.451 e. The molecule has 0 aliphatic heterocycles. The van der Waals surface area contributed by atoms with Crippen LogP contribution in [0.1, 0.15) is 50.2 Å². The Kier molecular flexibility index (Phi) is 6.00. The zero-order chi connectivity index (χ0) is 25.4. The summed E-state index contributed by atoms with van der Waals surface area (Å²) >= 11 is 0. The molecule has 1 amide bonds. The first-order valence-corrected chi connectivity index (χ1v) is 10.6. The van der Waals surface area contributed by atoms with Gasteiger partial charge in [0, 0.05) is 16.7 Å². The third-order valence-electron chi connectivity index (χ3n) is 5.69. The smallest absolute Gasteiger partial charge is 0.328 e. The van der Waals surface area contributed by atoms with E-state index in [4.69, 9.17) is 4.74 Å². The van der Waals surface area contributed by atoms with Crippen LogP contribution in [0.3, 0.4) is 0 Å². The number of carbonyl (C=O) groups is 4. The molecule has 3 aromatic rings. The maximum Gasteiger partial charge on any atom is 0.328 e. The lowest BCUT2D eigenvalue weighted by Gasteiger charge is -2.21. The number of anilines is 1. The molecule has 4 rings (SSSR count). The summed E-state index contributed by atoms with van der Waals surface area (Å²) in [4.78, 5) is 61.6. The van der Waals surface area contributed by atoms with E-state index in [0.29, 0.717) is 5.56 Å². The molecule has 11 heteroatoms. The molecule has 1 atom stereocenters. The van der Waals surface area contributed by atoms with Crippen molar-refractivity contribution in [1.82, 2.24) is 9.78 Å². The van der Waals surface area contributed by atoms with Gasteiger partial charge in [0.2, 0.25) is 0 Å². The second-order valence-electron chi connectivity index (χ2n) is 7.99. The largest absolute Gasteiger partial charge is 0.451 e. The normalized spacial score (nSPS) is 13.0. The average Bonchev–Trinajstić information content (AvgIpc) is 3.09. The lowest BCUT2D eigenvalue weighted by Crippen LogP contribution is -2.32. The van der Waals surface area contributed by atoms with Crippen LogP contribution in [0.5, 0.6) is 0 Å². The van der Waals surface area contributed by atoms with E-state index in [1.807, 2.05) is 0 Å². The molecule has 0 saturated carbocycles. The van der Waals surface area contributed by atoms with Crippen molar-refractivity contribution in [2.45, 2.75) is 33.4 Å². The minimum atomic E-state index is -1.26. The summed E-state index contributed by atoms with van der Waals surface area (Å²) in [5.74, 6) is -2.28. The van der Waals surface area contributed by atoms with Gasteiger partial charge in [-0.05, 0) is 26.8 Å². The van der Waals surface area contributed by atoms with Crippen LogP contribution in [0.2, 0.25) is 0 Å². The van der Waals surface area contributed by atoms with E-state index in [2.05, 4.69) is 10.4 Å². The quantitative estimate of drug-likeness (QED) is 0.253. The number of amides is 1. The number of nitrogens with zero attached hydrogens (tertiary/aromatic N) is 3. The van der Waals surface area contributed by atoms with Crippen LogP contribution in [0.25, 0.3) is 0 Å². The molecular formula is C24H20N4O7. The number of aromatic nitrogens is 2. The summed E-state index contributed by atoms with van der Waals surface area (Å²) < 4.78 is 6.30. The highest BCUT2D eigenvalue weighted by Gasteiger charge is 2.32. The van der Waals surface area contributed by atoms with Crippen molar-refractivity contribution in [3.8, 4) is 0 Å². The zero-order valence-electron chi connectivity index (χ0n) is 19.0. The highest BCUT2D eigenvalue weighted by atomic mass is 16.6. The molecule has 0 spiro atoms. The van der Waals surface area contributed by atoms with Gasteiger partial charge in [-0.3, -0.25) is 34.0 Å². The Morgan fingerprint density at radius 3 is 2.31 bits per heavy atom. The van der Waals surface area contributed by atoms with Gasteiger partial charge in [0.25, 0.3) is 5.91 Å². The number of ketones is 2. The van der Waals surface area contributed by atoms with Gasteiger partial charge in [-0.1, -0.05) is 36.4 Å². The Hall–Kier alpha value is -4.67. The number of nitrogens with one attached hydrogen (secondary N) is 1. The lowest BCUT2D eigenvalue weighted by atomic mass is 9.83. The van der Waals surface area contributed by atoms with E-state index in [-0.39, 0.29) is 45.2 Å². The fourth-order valence-electron chi connectivity index (χ4n) is 4.00. The zero-order valence-corrected chi connectivity index (χ0v) is 19.0. The van der Waals surface area contributed by atoms with Gasteiger partial charge in [0.1, 0.15) is 17.9 Å². The summed E-state index contributed by atoms with van der Waals surface area (Å²) in [5.41, 5.74) is 1.03. The van der Waals surface area contributed by atoms with E-state index in [1.54, 1.807) is 30.3 Å². The number of rotatable bonds is 6. The Morgan fingerprint density at radius 1 is 1.06 bits per heavy atom. The predicted octanol–water partition coefficient (Wildman–Crippen LogP) is 2.75. The third-order valence-corrected chi connectivity index (χ3v) is 5.69. The highest BCUT2D eigenvalue weighted by molar-refractivity contribution is 6.30. The molecule has 0 fully saturated rings. The van der Waals surface area contributed by atoms with Crippen molar-refractivity contribution in [2.24, 2.45) is 0 Å². The molecule has 1 aromatic heterocycles. The molecule has 35 heavy (non-hydrogen) atoms. The highest BCUT2D eigenvalue weighted by Crippen LogP contribution is 2.32. The standard InChI is InChI=1S/C24H20N4O7/c1-12-21(28(33)34)13(2)27(26-12)11-19(29)35-14(3)24(32)25-18-10-6-9-17-20(18)23(31)16-8-5-4-7-15(16)22(17)30/h4-10,14H,11H2,1-3H3,(H,25,32). The average molecular weight is 476 g/mol. The molecule has 11 nitrogen and oxygen atoms in total. The van der Waals surface area contributed by atoms with Gasteiger partial charge >= 0.3 is 11.7 Å². The fourth-order valence-corrected chi connectivity index (χ4v) is 4.00. The number of hydrogen-bond donors (Lipinski definition) is 1. The number of nitro groups is 1. The molecule has 0 radical (unpaired) electrons. The second kappa shape index (κ2) is 8.93. The molecule has 1 N–H and O–H groups in total. The molecular weight excluding hydrogens is 456 g/mol. The summed E-state index contributed by atoms with van der Waals surface area (Å²) in [7, 11) is 0. The Morgan fingerprint density at radius 2 is 1.69 bits per heavy atom. The third kappa shape index (κ3) is 4.19.